The minimum Gasteiger partial charge on any atom is -0.324 e. The predicted molar refractivity (Wildman–Crippen MR) is 108 cm³/mol. The summed E-state index contributed by atoms with van der Waals surface area (Å²) in [6, 6.07) is 5.63. The number of amides is 2. The summed E-state index contributed by atoms with van der Waals surface area (Å²) >= 11 is 0. The second-order valence-corrected chi connectivity index (χ2v) is 7.93. The van der Waals surface area contributed by atoms with Crippen LogP contribution in [0.5, 0.6) is 0 Å². The number of likely N-dealkylation sites (N-methyl/N-ethyl adjacent to an activating group) is 1. The van der Waals surface area contributed by atoms with Crippen molar-refractivity contribution in [3.8, 4) is 0 Å². The molecule has 2 unspecified atom stereocenters. The van der Waals surface area contributed by atoms with E-state index in [2.05, 4.69) is 5.32 Å². The number of carbonyl (C=O) groups is 1. The molecular formula is C22H22F7N3O. The zero-order valence-corrected chi connectivity index (χ0v) is 17.8. The van der Waals surface area contributed by atoms with Crippen LogP contribution in [0.2, 0.25) is 0 Å². The fourth-order valence-corrected chi connectivity index (χ4v) is 3.98. The number of nitrogens with one attached hydrogen (secondary N) is 1. The van der Waals surface area contributed by atoms with Crippen LogP contribution in [0.1, 0.15) is 29.0 Å². The molecule has 2 atom stereocenters. The molecule has 0 bridgehead atoms. The number of hydrogen-bond donors (Lipinski definition) is 1. The lowest BCUT2D eigenvalue weighted by molar-refractivity contribution is -0.143. The minimum atomic E-state index is -5.02. The molecule has 2 aromatic rings. The molecule has 0 aliphatic carbocycles. The van der Waals surface area contributed by atoms with Crippen LogP contribution in [0.3, 0.4) is 0 Å². The lowest BCUT2D eigenvalue weighted by Gasteiger charge is -2.40. The maximum Gasteiger partial charge on any atom is 0.416 e. The summed E-state index contributed by atoms with van der Waals surface area (Å²) < 4.78 is 92.5. The Morgan fingerprint density at radius 3 is 2.00 bits per heavy atom. The number of hydrogen-bond acceptors (Lipinski definition) is 2. The molecule has 1 heterocycles. The van der Waals surface area contributed by atoms with Crippen molar-refractivity contribution in [3.63, 3.8) is 0 Å². The molecule has 0 spiro atoms. The van der Waals surface area contributed by atoms with Gasteiger partial charge >= 0.3 is 18.4 Å². The Bertz CT molecular complexity index is 957. The molecule has 2 amide bonds. The van der Waals surface area contributed by atoms with Crippen molar-refractivity contribution in [2.45, 2.75) is 30.7 Å². The second kappa shape index (κ2) is 9.20. The molecule has 0 radical (unpaired) electrons. The number of benzene rings is 2. The van der Waals surface area contributed by atoms with Crippen molar-refractivity contribution < 1.29 is 35.5 Å². The van der Waals surface area contributed by atoms with E-state index in [-0.39, 0.29) is 12.0 Å². The van der Waals surface area contributed by atoms with Gasteiger partial charge in [-0.2, -0.15) is 26.3 Å². The second-order valence-electron chi connectivity index (χ2n) is 7.93. The average Bonchev–Trinajstić information content (AvgIpc) is 2.76. The summed E-state index contributed by atoms with van der Waals surface area (Å²) in [5.41, 5.74) is -2.77. The van der Waals surface area contributed by atoms with Gasteiger partial charge in [-0.25, -0.2) is 9.18 Å². The van der Waals surface area contributed by atoms with E-state index < -0.39 is 47.1 Å². The zero-order chi connectivity index (χ0) is 24.6. The highest BCUT2D eigenvalue weighted by molar-refractivity contribution is 5.91. The van der Waals surface area contributed by atoms with Gasteiger partial charge in [-0.05, 0) is 48.9 Å². The minimum absolute atomic E-state index is 0.0168. The molecule has 1 N–H and O–H groups in total. The smallest absolute Gasteiger partial charge is 0.324 e. The van der Waals surface area contributed by atoms with Crippen LogP contribution in [0.4, 0.5) is 41.2 Å². The quantitative estimate of drug-likeness (QED) is 0.593. The third kappa shape index (κ3) is 5.58. The molecule has 33 heavy (non-hydrogen) atoms. The third-order valence-electron chi connectivity index (χ3n) is 5.79. The monoisotopic (exact) mass is 477 g/mol. The van der Waals surface area contributed by atoms with Crippen LogP contribution in [0.15, 0.2) is 42.5 Å². The van der Waals surface area contributed by atoms with Crippen molar-refractivity contribution in [2.75, 3.05) is 32.1 Å². The number of piperidine rings is 1. The molecule has 11 heteroatoms. The van der Waals surface area contributed by atoms with E-state index >= 15 is 0 Å². The normalized spacial score (nSPS) is 19.3. The van der Waals surface area contributed by atoms with Crippen LogP contribution in [0.25, 0.3) is 0 Å². The standard InChI is InChI=1S/C22H22F7N3O/c1-31(17-10-14(21(24,25)26)9-15(11-17)22(27,28)29)20(33)32(2)19-7-8-30-12-18(19)13-3-5-16(23)6-4-13/h3-6,9-11,18-19,30H,7-8,12H2,1-2H3. The molecule has 4 nitrogen and oxygen atoms in total. The first-order chi connectivity index (χ1) is 15.3. The Balaban J connectivity index is 1.91. The Hall–Kier alpha value is -2.82. The largest absolute Gasteiger partial charge is 0.416 e. The Labute approximate surface area is 186 Å². The summed E-state index contributed by atoms with van der Waals surface area (Å²) in [6.45, 7) is 1.03. The van der Waals surface area contributed by atoms with Gasteiger partial charge in [-0.1, -0.05) is 12.1 Å². The van der Waals surface area contributed by atoms with E-state index in [0.717, 1.165) is 17.5 Å². The topological polar surface area (TPSA) is 35.6 Å². The number of nitrogens with zero attached hydrogens (tertiary/aromatic N) is 2. The van der Waals surface area contributed by atoms with E-state index in [9.17, 15) is 35.5 Å². The highest BCUT2D eigenvalue weighted by Gasteiger charge is 2.38. The molecule has 3 rings (SSSR count). The van der Waals surface area contributed by atoms with Gasteiger partial charge in [0.25, 0.3) is 0 Å². The molecule has 1 aliphatic heterocycles. The van der Waals surface area contributed by atoms with Crippen LogP contribution in [-0.2, 0) is 12.4 Å². The summed E-state index contributed by atoms with van der Waals surface area (Å²) in [5, 5.41) is 3.19. The Morgan fingerprint density at radius 1 is 0.939 bits per heavy atom. The zero-order valence-electron chi connectivity index (χ0n) is 17.8. The SMILES string of the molecule is CN(C(=O)N(C)C1CCNCC1c1ccc(F)cc1)c1cc(C(F)(F)F)cc(C(F)(F)F)c1. The van der Waals surface area contributed by atoms with Gasteiger partial charge in [-0.3, -0.25) is 4.90 Å². The third-order valence-corrected chi connectivity index (χ3v) is 5.79. The van der Waals surface area contributed by atoms with E-state index in [4.69, 9.17) is 0 Å². The number of alkyl halides is 6. The van der Waals surface area contributed by atoms with Gasteiger partial charge in [0.15, 0.2) is 0 Å². The molecule has 0 aromatic heterocycles. The summed E-state index contributed by atoms with van der Waals surface area (Å²) in [6.07, 6.45) is -9.54. The summed E-state index contributed by atoms with van der Waals surface area (Å²) in [7, 11) is 2.58. The molecule has 0 saturated carbocycles. The van der Waals surface area contributed by atoms with Crippen LogP contribution in [-0.4, -0.2) is 44.2 Å². The Morgan fingerprint density at radius 2 is 1.48 bits per heavy atom. The van der Waals surface area contributed by atoms with Gasteiger partial charge in [0, 0.05) is 38.3 Å². The first-order valence-electron chi connectivity index (χ1n) is 10.0. The first-order valence-corrected chi connectivity index (χ1v) is 10.0. The van der Waals surface area contributed by atoms with Crippen molar-refractivity contribution >= 4 is 11.7 Å². The fourth-order valence-electron chi connectivity index (χ4n) is 3.98. The van der Waals surface area contributed by atoms with E-state index in [1.165, 1.54) is 24.1 Å². The summed E-state index contributed by atoms with van der Waals surface area (Å²) in [5.74, 6) is -0.665. The molecule has 1 aliphatic rings. The number of rotatable bonds is 3. The van der Waals surface area contributed by atoms with Gasteiger partial charge < -0.3 is 10.2 Å². The highest BCUT2D eigenvalue weighted by atomic mass is 19.4. The van der Waals surface area contributed by atoms with E-state index in [0.29, 0.717) is 31.6 Å². The molecule has 180 valence electrons. The number of carbonyl (C=O) groups excluding carboxylic acids is 1. The predicted octanol–water partition coefficient (Wildman–Crippen LogP) is 5.50. The fraction of sp³-hybridized carbons (Fsp3) is 0.409. The number of halogens is 7. The van der Waals surface area contributed by atoms with Crippen molar-refractivity contribution in [1.82, 2.24) is 10.2 Å². The number of anilines is 1. The molecular weight excluding hydrogens is 455 g/mol. The van der Waals surface area contributed by atoms with Gasteiger partial charge in [0.2, 0.25) is 0 Å². The number of urea groups is 1. The lowest BCUT2D eigenvalue weighted by Crippen LogP contribution is -2.52. The van der Waals surface area contributed by atoms with Gasteiger partial charge in [0.1, 0.15) is 5.82 Å². The molecule has 1 fully saturated rings. The van der Waals surface area contributed by atoms with Crippen molar-refractivity contribution in [3.05, 3.63) is 65.0 Å². The highest BCUT2D eigenvalue weighted by Crippen LogP contribution is 2.38. The van der Waals surface area contributed by atoms with Crippen LogP contribution >= 0.6 is 0 Å². The summed E-state index contributed by atoms with van der Waals surface area (Å²) in [4.78, 5) is 15.2. The van der Waals surface area contributed by atoms with Crippen LogP contribution in [0, 0.1) is 5.82 Å². The van der Waals surface area contributed by atoms with Crippen molar-refractivity contribution in [1.29, 1.82) is 0 Å². The van der Waals surface area contributed by atoms with Gasteiger partial charge in [0.05, 0.1) is 11.1 Å². The van der Waals surface area contributed by atoms with Crippen molar-refractivity contribution in [2.24, 2.45) is 0 Å². The maximum atomic E-state index is 13.3. The Kier molecular flexibility index (Phi) is 6.92. The lowest BCUT2D eigenvalue weighted by atomic mass is 9.86. The van der Waals surface area contributed by atoms with Gasteiger partial charge in [-0.15, -0.1) is 0 Å². The van der Waals surface area contributed by atoms with E-state index in [1.54, 1.807) is 12.1 Å². The van der Waals surface area contributed by atoms with Crippen LogP contribution < -0.4 is 10.2 Å². The average molecular weight is 477 g/mol. The van der Waals surface area contributed by atoms with E-state index in [1.807, 2.05) is 0 Å². The molecule has 1 saturated heterocycles. The molecule has 2 aromatic carbocycles. The first kappa shape index (κ1) is 24.8. The maximum absolute atomic E-state index is 13.3.